The van der Waals surface area contributed by atoms with Crippen LogP contribution < -0.4 is 10.1 Å². The number of halogens is 1. The number of benzene rings is 1. The Morgan fingerprint density at radius 3 is 2.65 bits per heavy atom. The molecule has 0 unspecified atom stereocenters. The number of aryl methyl sites for hydroxylation is 2. The van der Waals surface area contributed by atoms with Crippen LogP contribution in [0.25, 0.3) is 0 Å². The fourth-order valence-electron chi connectivity index (χ4n) is 1.94. The topological polar surface area (TPSA) is 57.9 Å². The number of nitrogens with zero attached hydrogens (tertiary/aromatic N) is 2. The van der Waals surface area contributed by atoms with Crippen LogP contribution in [0.4, 0.5) is 15.8 Å². The van der Waals surface area contributed by atoms with Crippen LogP contribution in [0.5, 0.6) is 5.75 Å². The Morgan fingerprint density at radius 2 is 2.00 bits per heavy atom. The molecular formula is C15H14FN3O. The molecule has 102 valence electrons. The molecule has 0 aliphatic rings. The quantitative estimate of drug-likeness (QED) is 0.928. The molecule has 0 aliphatic carbocycles. The molecule has 1 aromatic carbocycles. The van der Waals surface area contributed by atoms with Crippen LogP contribution in [-0.2, 0) is 0 Å². The normalized spacial score (nSPS) is 9.95. The maximum Gasteiger partial charge on any atom is 0.146 e. The molecule has 2 aromatic rings. The Balaban J connectivity index is 2.47. The smallest absolute Gasteiger partial charge is 0.146 e. The van der Waals surface area contributed by atoms with Crippen LogP contribution >= 0.6 is 0 Å². The summed E-state index contributed by atoms with van der Waals surface area (Å²) in [4.78, 5) is 4.22. The van der Waals surface area contributed by atoms with Crippen molar-refractivity contribution >= 4 is 11.4 Å². The lowest BCUT2D eigenvalue weighted by atomic mass is 10.1. The number of nitriles is 1. The van der Waals surface area contributed by atoms with Gasteiger partial charge in [0.25, 0.3) is 0 Å². The first-order valence-corrected chi connectivity index (χ1v) is 6.04. The van der Waals surface area contributed by atoms with E-state index in [1.165, 1.54) is 19.2 Å². The Bertz CT molecular complexity index is 692. The minimum absolute atomic E-state index is 0.255. The van der Waals surface area contributed by atoms with E-state index in [1.54, 1.807) is 19.1 Å². The number of anilines is 2. The van der Waals surface area contributed by atoms with Crippen molar-refractivity contribution in [3.63, 3.8) is 0 Å². The first kappa shape index (κ1) is 13.8. The Labute approximate surface area is 116 Å². The van der Waals surface area contributed by atoms with E-state index in [1.807, 2.05) is 6.92 Å². The summed E-state index contributed by atoms with van der Waals surface area (Å²) in [5, 5.41) is 12.1. The highest BCUT2D eigenvalue weighted by Crippen LogP contribution is 2.27. The van der Waals surface area contributed by atoms with Gasteiger partial charge in [0.05, 0.1) is 29.7 Å². The van der Waals surface area contributed by atoms with E-state index in [0.717, 1.165) is 5.69 Å². The number of nitrogens with one attached hydrogen (secondary N) is 1. The van der Waals surface area contributed by atoms with E-state index in [4.69, 9.17) is 4.74 Å². The van der Waals surface area contributed by atoms with Crippen LogP contribution in [0.2, 0.25) is 0 Å². The molecule has 1 heterocycles. The second-order valence-corrected chi connectivity index (χ2v) is 4.35. The van der Waals surface area contributed by atoms with Crippen LogP contribution in [-0.4, -0.2) is 12.1 Å². The van der Waals surface area contributed by atoms with Crippen LogP contribution in [0.1, 0.15) is 17.0 Å². The molecule has 0 radical (unpaired) electrons. The Morgan fingerprint density at radius 1 is 1.25 bits per heavy atom. The van der Waals surface area contributed by atoms with E-state index in [9.17, 15) is 9.65 Å². The zero-order valence-corrected chi connectivity index (χ0v) is 11.5. The number of aromatic nitrogens is 1. The van der Waals surface area contributed by atoms with Gasteiger partial charge in [0.2, 0.25) is 0 Å². The molecule has 0 fully saturated rings. The predicted molar refractivity (Wildman–Crippen MR) is 74.7 cm³/mol. The molecule has 1 aromatic heterocycles. The van der Waals surface area contributed by atoms with Gasteiger partial charge in [0.15, 0.2) is 0 Å². The molecular weight excluding hydrogens is 257 g/mol. The third-order valence-electron chi connectivity index (χ3n) is 2.88. The number of rotatable bonds is 3. The molecule has 0 bridgehead atoms. The van der Waals surface area contributed by atoms with Crippen molar-refractivity contribution in [3.05, 3.63) is 47.0 Å². The Kier molecular flexibility index (Phi) is 3.85. The standard InChI is InChI=1S/C15H14FN3O/c1-9-6-14(12(8-17)10(2)18-9)19-15-7-11(20-3)4-5-13(15)16/h4-7H,1-3H3,(H,18,19). The summed E-state index contributed by atoms with van der Waals surface area (Å²) in [7, 11) is 1.51. The van der Waals surface area contributed by atoms with Gasteiger partial charge in [-0.1, -0.05) is 0 Å². The zero-order chi connectivity index (χ0) is 14.7. The van der Waals surface area contributed by atoms with E-state index in [-0.39, 0.29) is 5.69 Å². The molecule has 1 N–H and O–H groups in total. The van der Waals surface area contributed by atoms with E-state index < -0.39 is 5.82 Å². The van der Waals surface area contributed by atoms with Crippen molar-refractivity contribution in [1.82, 2.24) is 4.98 Å². The molecule has 2 rings (SSSR count). The van der Waals surface area contributed by atoms with Crippen LogP contribution in [0.15, 0.2) is 24.3 Å². The van der Waals surface area contributed by atoms with Crippen molar-refractivity contribution in [3.8, 4) is 11.8 Å². The maximum absolute atomic E-state index is 13.8. The average Bonchev–Trinajstić information content (AvgIpc) is 2.41. The second kappa shape index (κ2) is 5.57. The summed E-state index contributed by atoms with van der Waals surface area (Å²) >= 11 is 0. The highest BCUT2D eigenvalue weighted by Gasteiger charge is 2.11. The number of hydrogen-bond acceptors (Lipinski definition) is 4. The third kappa shape index (κ3) is 2.69. The highest BCUT2D eigenvalue weighted by atomic mass is 19.1. The molecule has 0 aliphatic heterocycles. The zero-order valence-electron chi connectivity index (χ0n) is 11.5. The molecule has 0 spiro atoms. The lowest BCUT2D eigenvalue weighted by Gasteiger charge is -2.12. The summed E-state index contributed by atoms with van der Waals surface area (Å²) in [6.07, 6.45) is 0. The number of pyridine rings is 1. The van der Waals surface area contributed by atoms with Gasteiger partial charge in [0.1, 0.15) is 17.6 Å². The van der Waals surface area contributed by atoms with Gasteiger partial charge in [-0.2, -0.15) is 5.26 Å². The van der Waals surface area contributed by atoms with Gasteiger partial charge in [-0.05, 0) is 32.0 Å². The molecule has 0 amide bonds. The van der Waals surface area contributed by atoms with Gasteiger partial charge in [-0.15, -0.1) is 0 Å². The highest BCUT2D eigenvalue weighted by molar-refractivity contribution is 5.69. The van der Waals surface area contributed by atoms with Gasteiger partial charge >= 0.3 is 0 Å². The first-order valence-electron chi connectivity index (χ1n) is 6.04. The summed E-state index contributed by atoms with van der Waals surface area (Å²) in [5.74, 6) is 0.122. The number of methoxy groups -OCH3 is 1. The molecule has 0 saturated carbocycles. The van der Waals surface area contributed by atoms with Crippen LogP contribution in [0, 0.1) is 31.0 Å². The van der Waals surface area contributed by atoms with E-state index >= 15 is 0 Å². The molecule has 0 atom stereocenters. The molecule has 5 heteroatoms. The monoisotopic (exact) mass is 271 g/mol. The molecule has 4 nitrogen and oxygen atoms in total. The fourth-order valence-corrected chi connectivity index (χ4v) is 1.94. The number of ether oxygens (including phenoxy) is 1. The Hall–Kier alpha value is -2.61. The van der Waals surface area contributed by atoms with Gasteiger partial charge < -0.3 is 10.1 Å². The van der Waals surface area contributed by atoms with Crippen LogP contribution in [0.3, 0.4) is 0 Å². The predicted octanol–water partition coefficient (Wildman–Crippen LogP) is 3.46. The minimum Gasteiger partial charge on any atom is -0.497 e. The summed E-state index contributed by atoms with van der Waals surface area (Å²) in [6.45, 7) is 3.57. The second-order valence-electron chi connectivity index (χ2n) is 4.35. The van der Waals surface area contributed by atoms with E-state index in [2.05, 4.69) is 16.4 Å². The van der Waals surface area contributed by atoms with Crippen molar-refractivity contribution in [1.29, 1.82) is 5.26 Å². The molecule has 0 saturated heterocycles. The largest absolute Gasteiger partial charge is 0.497 e. The van der Waals surface area contributed by atoms with E-state index in [0.29, 0.717) is 22.7 Å². The van der Waals surface area contributed by atoms with Gasteiger partial charge in [-0.25, -0.2) is 4.39 Å². The third-order valence-corrected chi connectivity index (χ3v) is 2.88. The SMILES string of the molecule is COc1ccc(F)c(Nc2cc(C)nc(C)c2C#N)c1. The minimum atomic E-state index is -0.415. The lowest BCUT2D eigenvalue weighted by Crippen LogP contribution is -2.01. The fraction of sp³-hybridized carbons (Fsp3) is 0.200. The average molecular weight is 271 g/mol. The van der Waals surface area contributed by atoms with Crippen molar-refractivity contribution in [2.45, 2.75) is 13.8 Å². The summed E-state index contributed by atoms with van der Waals surface area (Å²) in [5.41, 5.74) is 2.55. The van der Waals surface area contributed by atoms with Crippen molar-refractivity contribution in [2.24, 2.45) is 0 Å². The van der Waals surface area contributed by atoms with Gasteiger partial charge in [-0.3, -0.25) is 4.98 Å². The first-order chi connectivity index (χ1) is 9.55. The number of hydrogen-bond donors (Lipinski definition) is 1. The summed E-state index contributed by atoms with van der Waals surface area (Å²) < 4.78 is 18.9. The van der Waals surface area contributed by atoms with Crippen molar-refractivity contribution < 1.29 is 9.13 Å². The van der Waals surface area contributed by atoms with Crippen molar-refractivity contribution in [2.75, 3.05) is 12.4 Å². The van der Waals surface area contributed by atoms with Gasteiger partial charge in [0, 0.05) is 11.8 Å². The lowest BCUT2D eigenvalue weighted by molar-refractivity contribution is 0.414. The maximum atomic E-state index is 13.8. The molecule has 20 heavy (non-hydrogen) atoms. The summed E-state index contributed by atoms with van der Waals surface area (Å²) in [6, 6.07) is 8.19.